The number of hydrazone groups is 1. The number of nitrogens with one attached hydrogen (secondary N) is 1. The van der Waals surface area contributed by atoms with Crippen molar-refractivity contribution < 1.29 is 13.9 Å². The molecular formula is C13H12FN3O2S. The molecule has 0 saturated heterocycles. The van der Waals surface area contributed by atoms with E-state index in [9.17, 15) is 9.18 Å². The summed E-state index contributed by atoms with van der Waals surface area (Å²) in [5.41, 5.74) is 3.90. The molecule has 0 aliphatic carbocycles. The number of carbonyl (C=O) groups is 1. The van der Waals surface area contributed by atoms with Crippen molar-refractivity contribution in [1.82, 2.24) is 4.98 Å². The van der Waals surface area contributed by atoms with Crippen LogP contribution in [-0.4, -0.2) is 24.3 Å². The Morgan fingerprint density at radius 1 is 1.55 bits per heavy atom. The van der Waals surface area contributed by atoms with Crippen LogP contribution in [0, 0.1) is 12.7 Å². The zero-order chi connectivity index (χ0) is 14.5. The number of ether oxygens (including phenoxy) is 1. The van der Waals surface area contributed by atoms with E-state index in [1.54, 1.807) is 19.1 Å². The van der Waals surface area contributed by atoms with Gasteiger partial charge in [0.15, 0.2) is 0 Å². The Balaban J connectivity index is 2.06. The molecule has 0 saturated carbocycles. The number of thiazole rings is 1. The first-order valence-corrected chi connectivity index (χ1v) is 6.52. The molecule has 0 atom stereocenters. The van der Waals surface area contributed by atoms with Gasteiger partial charge in [0.1, 0.15) is 10.7 Å². The van der Waals surface area contributed by atoms with Crippen molar-refractivity contribution in [3.05, 3.63) is 46.2 Å². The molecule has 1 aromatic heterocycles. The monoisotopic (exact) mass is 293 g/mol. The van der Waals surface area contributed by atoms with Crippen LogP contribution in [-0.2, 0) is 4.74 Å². The fourth-order valence-electron chi connectivity index (χ4n) is 1.48. The van der Waals surface area contributed by atoms with E-state index in [2.05, 4.69) is 20.2 Å². The number of aryl methyl sites for hydroxylation is 1. The summed E-state index contributed by atoms with van der Waals surface area (Å²) in [6.45, 7) is 1.71. The number of aromatic nitrogens is 1. The van der Waals surface area contributed by atoms with Gasteiger partial charge in [-0.25, -0.2) is 14.2 Å². The second kappa shape index (κ2) is 6.25. The summed E-state index contributed by atoms with van der Waals surface area (Å²) in [6.07, 6.45) is 1.47. The zero-order valence-electron chi connectivity index (χ0n) is 10.9. The Hall–Kier alpha value is -2.28. The summed E-state index contributed by atoms with van der Waals surface area (Å²) in [5, 5.41) is 4.41. The van der Waals surface area contributed by atoms with Crippen LogP contribution in [0.5, 0.6) is 0 Å². The predicted molar refractivity (Wildman–Crippen MR) is 75.8 cm³/mol. The number of hydrogen-bond donors (Lipinski definition) is 1. The Labute approximate surface area is 119 Å². The smallest absolute Gasteiger partial charge is 0.350 e. The van der Waals surface area contributed by atoms with Crippen LogP contribution in [0.2, 0.25) is 0 Å². The fourth-order valence-corrected chi connectivity index (χ4v) is 2.31. The topological polar surface area (TPSA) is 63.6 Å². The van der Waals surface area contributed by atoms with Crippen LogP contribution in [0.1, 0.15) is 20.9 Å². The van der Waals surface area contributed by atoms with Crippen molar-refractivity contribution in [1.29, 1.82) is 0 Å². The van der Waals surface area contributed by atoms with Crippen LogP contribution in [0.25, 0.3) is 0 Å². The normalized spacial score (nSPS) is 10.8. The molecule has 104 valence electrons. The average molecular weight is 293 g/mol. The van der Waals surface area contributed by atoms with Gasteiger partial charge in [-0.1, -0.05) is 23.5 Å². The molecule has 0 aliphatic rings. The Kier molecular flexibility index (Phi) is 4.41. The second-order valence-electron chi connectivity index (χ2n) is 3.85. The lowest BCUT2D eigenvalue weighted by Crippen LogP contribution is -1.99. The highest BCUT2D eigenvalue weighted by atomic mass is 32.1. The molecule has 0 unspecified atom stereocenters. The van der Waals surface area contributed by atoms with Gasteiger partial charge in [-0.05, 0) is 24.6 Å². The molecule has 0 bridgehead atoms. The third kappa shape index (κ3) is 3.39. The van der Waals surface area contributed by atoms with Gasteiger partial charge in [-0.2, -0.15) is 5.10 Å². The minimum absolute atomic E-state index is 0.327. The van der Waals surface area contributed by atoms with Crippen molar-refractivity contribution in [3.63, 3.8) is 0 Å². The van der Waals surface area contributed by atoms with E-state index in [1.165, 1.54) is 25.5 Å². The summed E-state index contributed by atoms with van der Waals surface area (Å²) >= 11 is 1.15. The lowest BCUT2D eigenvalue weighted by molar-refractivity contribution is 0.0605. The zero-order valence-corrected chi connectivity index (χ0v) is 11.7. The van der Waals surface area contributed by atoms with Gasteiger partial charge in [0.25, 0.3) is 0 Å². The maximum Gasteiger partial charge on any atom is 0.350 e. The molecule has 2 aromatic rings. The molecule has 1 heterocycles. The summed E-state index contributed by atoms with van der Waals surface area (Å²) in [7, 11) is 1.32. The quantitative estimate of drug-likeness (QED) is 0.535. The number of halogens is 1. The summed E-state index contributed by atoms with van der Waals surface area (Å²) in [6, 6.07) is 6.04. The van der Waals surface area contributed by atoms with Crippen molar-refractivity contribution in [2.24, 2.45) is 5.10 Å². The van der Waals surface area contributed by atoms with E-state index >= 15 is 0 Å². The van der Waals surface area contributed by atoms with E-state index in [1.807, 2.05) is 0 Å². The first-order valence-electron chi connectivity index (χ1n) is 5.70. The fraction of sp³-hybridized carbons (Fsp3) is 0.154. The van der Waals surface area contributed by atoms with E-state index in [-0.39, 0.29) is 5.82 Å². The standard InChI is InChI=1S/C13H12FN3O2S/c1-8-11(12(18)19-2)20-13(16-8)17-15-7-9-4-3-5-10(14)6-9/h3-7H,1-2H3,(H,16,17)/b15-7+. The highest BCUT2D eigenvalue weighted by Gasteiger charge is 2.15. The predicted octanol–water partition coefficient (Wildman–Crippen LogP) is 2.82. The van der Waals surface area contributed by atoms with E-state index < -0.39 is 5.97 Å². The Bertz CT molecular complexity index is 655. The minimum atomic E-state index is -0.429. The van der Waals surface area contributed by atoms with Gasteiger partial charge in [-0.15, -0.1) is 0 Å². The van der Waals surface area contributed by atoms with Crippen LogP contribution in [0.3, 0.4) is 0 Å². The lowest BCUT2D eigenvalue weighted by atomic mass is 10.2. The summed E-state index contributed by atoms with van der Waals surface area (Å²) in [5.74, 6) is -0.755. The Morgan fingerprint density at radius 2 is 2.35 bits per heavy atom. The molecule has 0 radical (unpaired) electrons. The van der Waals surface area contributed by atoms with Gasteiger partial charge in [-0.3, -0.25) is 5.43 Å². The van der Waals surface area contributed by atoms with Crippen LogP contribution in [0.15, 0.2) is 29.4 Å². The first kappa shape index (κ1) is 14.1. The number of benzene rings is 1. The van der Waals surface area contributed by atoms with Crippen molar-refractivity contribution in [3.8, 4) is 0 Å². The van der Waals surface area contributed by atoms with E-state index in [4.69, 9.17) is 0 Å². The average Bonchev–Trinajstić information content (AvgIpc) is 2.79. The number of anilines is 1. The van der Waals surface area contributed by atoms with Crippen molar-refractivity contribution in [2.45, 2.75) is 6.92 Å². The summed E-state index contributed by atoms with van der Waals surface area (Å²) < 4.78 is 17.6. The van der Waals surface area contributed by atoms with E-state index in [0.29, 0.717) is 21.3 Å². The minimum Gasteiger partial charge on any atom is -0.465 e. The lowest BCUT2D eigenvalue weighted by Gasteiger charge is -1.94. The van der Waals surface area contributed by atoms with Crippen LogP contribution >= 0.6 is 11.3 Å². The van der Waals surface area contributed by atoms with Crippen LogP contribution in [0.4, 0.5) is 9.52 Å². The molecule has 0 spiro atoms. The molecule has 7 heteroatoms. The maximum absolute atomic E-state index is 13.0. The highest BCUT2D eigenvalue weighted by Crippen LogP contribution is 2.23. The number of nitrogens with zero attached hydrogens (tertiary/aromatic N) is 2. The molecule has 0 aliphatic heterocycles. The third-order valence-corrected chi connectivity index (χ3v) is 3.43. The number of hydrogen-bond acceptors (Lipinski definition) is 6. The van der Waals surface area contributed by atoms with Gasteiger partial charge < -0.3 is 4.74 Å². The molecule has 5 nitrogen and oxygen atoms in total. The van der Waals surface area contributed by atoms with Crippen molar-refractivity contribution in [2.75, 3.05) is 12.5 Å². The first-order chi connectivity index (χ1) is 9.60. The molecule has 20 heavy (non-hydrogen) atoms. The van der Waals surface area contributed by atoms with Crippen LogP contribution < -0.4 is 5.43 Å². The second-order valence-corrected chi connectivity index (χ2v) is 4.85. The molecule has 1 N–H and O–H groups in total. The molecule has 0 amide bonds. The Morgan fingerprint density at radius 3 is 3.05 bits per heavy atom. The van der Waals surface area contributed by atoms with Gasteiger partial charge in [0, 0.05) is 0 Å². The van der Waals surface area contributed by atoms with Gasteiger partial charge in [0.2, 0.25) is 5.13 Å². The number of methoxy groups -OCH3 is 1. The number of esters is 1. The number of rotatable bonds is 4. The maximum atomic E-state index is 13.0. The molecule has 2 rings (SSSR count). The largest absolute Gasteiger partial charge is 0.465 e. The molecule has 0 fully saturated rings. The van der Waals surface area contributed by atoms with Gasteiger partial charge in [0.05, 0.1) is 19.0 Å². The highest BCUT2D eigenvalue weighted by molar-refractivity contribution is 7.17. The molecule has 1 aromatic carbocycles. The summed E-state index contributed by atoms with van der Waals surface area (Å²) in [4.78, 5) is 16.0. The SMILES string of the molecule is COC(=O)c1sc(N/N=C/c2cccc(F)c2)nc1C. The molecular weight excluding hydrogens is 281 g/mol. The van der Waals surface area contributed by atoms with E-state index in [0.717, 1.165) is 11.3 Å². The third-order valence-electron chi connectivity index (χ3n) is 2.39. The van der Waals surface area contributed by atoms with Gasteiger partial charge >= 0.3 is 5.97 Å². The number of carbonyl (C=O) groups excluding carboxylic acids is 1. The van der Waals surface area contributed by atoms with Crippen molar-refractivity contribution >= 4 is 28.7 Å².